The minimum atomic E-state index is -0.116. The average Bonchev–Trinajstić information content (AvgIpc) is 2.17. The van der Waals surface area contributed by atoms with Crippen molar-refractivity contribution in [1.82, 2.24) is 0 Å². The van der Waals surface area contributed by atoms with Crippen molar-refractivity contribution in [3.05, 3.63) is 17.7 Å². The molecule has 1 heterocycles. The fourth-order valence-electron chi connectivity index (χ4n) is 1.93. The molecule has 0 saturated heterocycles. The first kappa shape index (κ1) is 10.1. The molecule has 0 spiro atoms. The third-order valence-corrected chi connectivity index (χ3v) is 2.79. The number of anilines is 1. The maximum absolute atomic E-state index is 9.53. The van der Waals surface area contributed by atoms with Crippen molar-refractivity contribution in [3.8, 4) is 11.5 Å². The van der Waals surface area contributed by atoms with Crippen molar-refractivity contribution in [2.75, 3.05) is 12.4 Å². The zero-order valence-electron chi connectivity index (χ0n) is 9.42. The van der Waals surface area contributed by atoms with Crippen molar-refractivity contribution in [1.29, 1.82) is 0 Å². The molecular formula is C12H17NO2. The summed E-state index contributed by atoms with van der Waals surface area (Å²) in [4.78, 5) is 0. The van der Waals surface area contributed by atoms with E-state index in [-0.39, 0.29) is 5.60 Å². The molecule has 0 fully saturated rings. The Hall–Kier alpha value is -1.38. The topological polar surface area (TPSA) is 41.5 Å². The second kappa shape index (κ2) is 3.33. The highest BCUT2D eigenvalue weighted by molar-refractivity contribution is 5.64. The van der Waals surface area contributed by atoms with Crippen molar-refractivity contribution < 1.29 is 9.84 Å². The molecular weight excluding hydrogens is 190 g/mol. The zero-order chi connectivity index (χ0) is 11.1. The van der Waals surface area contributed by atoms with Crippen LogP contribution >= 0.6 is 0 Å². The fourth-order valence-corrected chi connectivity index (χ4v) is 1.93. The summed E-state index contributed by atoms with van der Waals surface area (Å²) in [6, 6.07) is 3.48. The predicted octanol–water partition coefficient (Wildman–Crippen LogP) is 2.54. The lowest BCUT2D eigenvalue weighted by Crippen LogP contribution is -2.32. The zero-order valence-corrected chi connectivity index (χ0v) is 9.42. The highest BCUT2D eigenvalue weighted by atomic mass is 16.5. The molecule has 3 nitrogen and oxygen atoms in total. The number of fused-ring (bicyclic) bond motifs is 1. The Labute approximate surface area is 90.1 Å². The lowest BCUT2D eigenvalue weighted by atomic mass is 9.93. The number of hydrogen-bond acceptors (Lipinski definition) is 3. The summed E-state index contributed by atoms with van der Waals surface area (Å²) < 4.78 is 5.92. The van der Waals surface area contributed by atoms with Crippen LogP contribution in [0.4, 0.5) is 5.69 Å². The van der Waals surface area contributed by atoms with E-state index in [1.807, 2.05) is 7.05 Å². The van der Waals surface area contributed by atoms with E-state index in [1.165, 1.54) is 0 Å². The number of benzene rings is 1. The Morgan fingerprint density at radius 2 is 2.13 bits per heavy atom. The van der Waals surface area contributed by atoms with Crippen LogP contribution in [-0.4, -0.2) is 17.8 Å². The molecule has 1 aliphatic rings. The summed E-state index contributed by atoms with van der Waals surface area (Å²) in [5.74, 6) is 1.17. The van der Waals surface area contributed by atoms with Gasteiger partial charge in [-0.15, -0.1) is 0 Å². The summed E-state index contributed by atoms with van der Waals surface area (Å²) in [7, 11) is 1.83. The molecule has 2 N–H and O–H groups in total. The van der Waals surface area contributed by atoms with E-state index in [1.54, 1.807) is 12.1 Å². The van der Waals surface area contributed by atoms with E-state index in [0.29, 0.717) is 5.75 Å². The van der Waals surface area contributed by atoms with Gasteiger partial charge in [0.2, 0.25) is 0 Å². The quantitative estimate of drug-likeness (QED) is 0.743. The number of phenolic OH excluding ortho intramolecular Hbond substituents is 1. The molecule has 0 radical (unpaired) electrons. The molecule has 0 amide bonds. The second-order valence-corrected chi connectivity index (χ2v) is 4.59. The first-order valence-corrected chi connectivity index (χ1v) is 5.24. The first-order valence-electron chi connectivity index (χ1n) is 5.24. The number of rotatable bonds is 1. The number of phenols is 1. The van der Waals surface area contributed by atoms with Gasteiger partial charge in [-0.1, -0.05) is 0 Å². The van der Waals surface area contributed by atoms with E-state index in [4.69, 9.17) is 4.74 Å². The molecule has 0 unspecified atom stereocenters. The van der Waals surface area contributed by atoms with Crippen LogP contribution in [0.1, 0.15) is 25.8 Å². The smallest absolute Gasteiger partial charge is 0.146 e. The summed E-state index contributed by atoms with van der Waals surface area (Å²) in [6.45, 7) is 4.17. The number of ether oxygens (including phenoxy) is 1. The monoisotopic (exact) mass is 207 g/mol. The summed E-state index contributed by atoms with van der Waals surface area (Å²) in [6.07, 6.45) is 1.93. The Morgan fingerprint density at radius 1 is 1.40 bits per heavy atom. The molecule has 2 rings (SSSR count). The normalized spacial score (nSPS) is 17.8. The van der Waals surface area contributed by atoms with Crippen LogP contribution < -0.4 is 10.1 Å². The molecule has 0 aromatic heterocycles. The van der Waals surface area contributed by atoms with E-state index >= 15 is 0 Å². The summed E-state index contributed by atoms with van der Waals surface area (Å²) >= 11 is 0. The van der Waals surface area contributed by atoms with Crippen LogP contribution in [-0.2, 0) is 6.42 Å². The van der Waals surface area contributed by atoms with Gasteiger partial charge in [0.1, 0.15) is 17.1 Å². The van der Waals surface area contributed by atoms with Crippen molar-refractivity contribution in [2.24, 2.45) is 0 Å². The van der Waals surface area contributed by atoms with Crippen LogP contribution in [0, 0.1) is 0 Å². The Kier molecular flexibility index (Phi) is 2.25. The van der Waals surface area contributed by atoms with E-state index in [2.05, 4.69) is 19.2 Å². The van der Waals surface area contributed by atoms with Gasteiger partial charge in [0.05, 0.1) is 5.69 Å². The number of nitrogens with one attached hydrogen (secondary N) is 1. The third kappa shape index (κ3) is 1.87. The van der Waals surface area contributed by atoms with E-state index in [0.717, 1.165) is 29.8 Å². The van der Waals surface area contributed by atoms with E-state index in [9.17, 15) is 5.11 Å². The van der Waals surface area contributed by atoms with Crippen LogP contribution in [0.25, 0.3) is 0 Å². The van der Waals surface area contributed by atoms with E-state index < -0.39 is 0 Å². The molecule has 0 aliphatic carbocycles. The van der Waals surface area contributed by atoms with Gasteiger partial charge in [0.15, 0.2) is 0 Å². The van der Waals surface area contributed by atoms with Gasteiger partial charge in [-0.3, -0.25) is 0 Å². The predicted molar refractivity (Wildman–Crippen MR) is 60.7 cm³/mol. The highest BCUT2D eigenvalue weighted by Gasteiger charge is 2.28. The lowest BCUT2D eigenvalue weighted by Gasteiger charge is -2.33. The van der Waals surface area contributed by atoms with Gasteiger partial charge in [0, 0.05) is 18.7 Å². The molecule has 15 heavy (non-hydrogen) atoms. The molecule has 3 heteroatoms. The van der Waals surface area contributed by atoms with Gasteiger partial charge < -0.3 is 15.2 Å². The van der Waals surface area contributed by atoms with Gasteiger partial charge >= 0.3 is 0 Å². The van der Waals surface area contributed by atoms with Gasteiger partial charge in [-0.05, 0) is 32.8 Å². The molecule has 0 bridgehead atoms. The summed E-state index contributed by atoms with van der Waals surface area (Å²) in [5.41, 5.74) is 1.83. The molecule has 0 saturated carbocycles. The number of aryl methyl sites for hydroxylation is 1. The van der Waals surface area contributed by atoms with Crippen LogP contribution in [0.3, 0.4) is 0 Å². The Bertz CT molecular complexity index is 368. The number of aromatic hydroxyl groups is 1. The average molecular weight is 207 g/mol. The fraction of sp³-hybridized carbons (Fsp3) is 0.500. The molecule has 0 atom stereocenters. The maximum atomic E-state index is 9.53. The molecule has 82 valence electrons. The minimum Gasteiger partial charge on any atom is -0.508 e. The van der Waals surface area contributed by atoms with Crippen LogP contribution in [0.5, 0.6) is 11.5 Å². The first-order chi connectivity index (χ1) is 7.02. The van der Waals surface area contributed by atoms with Crippen LogP contribution in [0.2, 0.25) is 0 Å². The van der Waals surface area contributed by atoms with Crippen molar-refractivity contribution in [3.63, 3.8) is 0 Å². The highest BCUT2D eigenvalue weighted by Crippen LogP contribution is 2.40. The second-order valence-electron chi connectivity index (χ2n) is 4.59. The SMILES string of the molecule is CNc1cc(O)cc2c1OC(C)(C)CC2. The van der Waals surface area contributed by atoms with Gasteiger partial charge in [0.25, 0.3) is 0 Å². The van der Waals surface area contributed by atoms with Gasteiger partial charge in [-0.25, -0.2) is 0 Å². The standard InChI is InChI=1S/C12H17NO2/c1-12(2)5-4-8-6-9(14)7-10(13-3)11(8)15-12/h6-7,13-14H,4-5H2,1-3H3. The minimum absolute atomic E-state index is 0.116. The van der Waals surface area contributed by atoms with Crippen LogP contribution in [0.15, 0.2) is 12.1 Å². The molecule has 1 aromatic rings. The summed E-state index contributed by atoms with van der Waals surface area (Å²) in [5, 5.41) is 12.6. The number of hydrogen-bond donors (Lipinski definition) is 2. The molecule has 1 aromatic carbocycles. The van der Waals surface area contributed by atoms with Gasteiger partial charge in [-0.2, -0.15) is 0 Å². The van der Waals surface area contributed by atoms with Crippen molar-refractivity contribution >= 4 is 5.69 Å². The van der Waals surface area contributed by atoms with Crippen molar-refractivity contribution in [2.45, 2.75) is 32.3 Å². The Morgan fingerprint density at radius 3 is 2.80 bits per heavy atom. The molecule has 1 aliphatic heterocycles. The third-order valence-electron chi connectivity index (χ3n) is 2.79. The maximum Gasteiger partial charge on any atom is 0.146 e. The lowest BCUT2D eigenvalue weighted by molar-refractivity contribution is 0.0855. The Balaban J connectivity index is 2.48. The largest absolute Gasteiger partial charge is 0.508 e.